The number of aliphatic imine (C=N–C) groups is 1. The molecule has 0 aliphatic carbocycles. The minimum Gasteiger partial charge on any atom is -0.357 e. The quantitative estimate of drug-likeness (QED) is 0.193. The number of carbonyl (C=O) groups excluding carboxylic acids is 1. The van der Waals surface area contributed by atoms with Gasteiger partial charge < -0.3 is 16.0 Å². The molecule has 3 rings (SSSR count). The van der Waals surface area contributed by atoms with Crippen LogP contribution < -0.4 is 16.0 Å². The topological polar surface area (TPSA) is 83.3 Å². The van der Waals surface area contributed by atoms with Crippen LogP contribution in [0.15, 0.2) is 72.0 Å². The molecule has 176 valence electrons. The van der Waals surface area contributed by atoms with E-state index in [4.69, 9.17) is 0 Å². The second kappa shape index (κ2) is 14.3. The molecule has 7 nitrogen and oxygen atoms in total. The minimum atomic E-state index is 0. The van der Waals surface area contributed by atoms with Gasteiger partial charge in [-0.05, 0) is 61.2 Å². The number of halogens is 1. The van der Waals surface area contributed by atoms with Gasteiger partial charge in [-0.15, -0.1) is 24.0 Å². The molecule has 0 aliphatic heterocycles. The largest absolute Gasteiger partial charge is 0.357 e. The van der Waals surface area contributed by atoms with Crippen molar-refractivity contribution >= 4 is 41.5 Å². The van der Waals surface area contributed by atoms with E-state index in [0.717, 1.165) is 48.8 Å². The number of amides is 1. The fraction of sp³-hybridized carbons (Fsp3) is 0.320. The zero-order chi connectivity index (χ0) is 22.6. The summed E-state index contributed by atoms with van der Waals surface area (Å²) in [4.78, 5) is 16.5. The van der Waals surface area contributed by atoms with Gasteiger partial charge in [0, 0.05) is 37.6 Å². The van der Waals surface area contributed by atoms with E-state index < -0.39 is 0 Å². The summed E-state index contributed by atoms with van der Waals surface area (Å²) < 4.78 is 1.85. The highest BCUT2D eigenvalue weighted by Gasteiger charge is 2.03. The van der Waals surface area contributed by atoms with Crippen LogP contribution in [0.1, 0.15) is 37.8 Å². The Morgan fingerprint density at radius 2 is 1.85 bits per heavy atom. The Morgan fingerprint density at radius 3 is 2.55 bits per heavy atom. The lowest BCUT2D eigenvalue weighted by atomic mass is 10.1. The van der Waals surface area contributed by atoms with Crippen LogP contribution in [0.25, 0.3) is 5.69 Å². The lowest BCUT2D eigenvalue weighted by Gasteiger charge is -2.12. The number of hydrogen-bond acceptors (Lipinski definition) is 3. The molecule has 8 heteroatoms. The molecule has 0 saturated heterocycles. The molecule has 0 radical (unpaired) electrons. The first-order valence-corrected chi connectivity index (χ1v) is 11.2. The summed E-state index contributed by atoms with van der Waals surface area (Å²) in [6, 6.07) is 18.2. The normalized spacial score (nSPS) is 10.9. The van der Waals surface area contributed by atoms with Crippen LogP contribution in [0.2, 0.25) is 0 Å². The highest BCUT2D eigenvalue weighted by Crippen LogP contribution is 2.12. The molecule has 0 spiro atoms. The summed E-state index contributed by atoms with van der Waals surface area (Å²) in [6.07, 6.45) is 5.97. The summed E-state index contributed by atoms with van der Waals surface area (Å²) in [5.74, 6) is 0.821. The average Bonchev–Trinajstić information content (AvgIpc) is 3.33. The van der Waals surface area contributed by atoms with Crippen LogP contribution in [0.3, 0.4) is 0 Å². The van der Waals surface area contributed by atoms with E-state index >= 15 is 0 Å². The van der Waals surface area contributed by atoms with Gasteiger partial charge in [0.25, 0.3) is 0 Å². The molecule has 0 bridgehead atoms. The molecule has 33 heavy (non-hydrogen) atoms. The lowest BCUT2D eigenvalue weighted by Crippen LogP contribution is -2.38. The predicted octanol–water partition coefficient (Wildman–Crippen LogP) is 4.53. The van der Waals surface area contributed by atoms with Gasteiger partial charge in [0.15, 0.2) is 5.96 Å². The van der Waals surface area contributed by atoms with Crippen molar-refractivity contribution in [3.63, 3.8) is 0 Å². The second-order valence-electron chi connectivity index (χ2n) is 7.49. The monoisotopic (exact) mass is 560 g/mol. The first kappa shape index (κ1) is 26.4. The Balaban J connectivity index is 0.00000385. The van der Waals surface area contributed by atoms with Crippen LogP contribution in [-0.4, -0.2) is 34.7 Å². The van der Waals surface area contributed by atoms with Gasteiger partial charge in [-0.1, -0.05) is 31.2 Å². The van der Waals surface area contributed by atoms with Crippen molar-refractivity contribution in [1.82, 2.24) is 20.4 Å². The van der Waals surface area contributed by atoms with E-state index in [-0.39, 0.29) is 29.9 Å². The van der Waals surface area contributed by atoms with Crippen LogP contribution in [-0.2, 0) is 17.8 Å². The number of rotatable bonds is 10. The number of guanidine groups is 1. The highest BCUT2D eigenvalue weighted by molar-refractivity contribution is 14.0. The maximum absolute atomic E-state index is 11.8. The summed E-state index contributed by atoms with van der Waals surface area (Å²) in [6.45, 7) is 6.15. The summed E-state index contributed by atoms with van der Waals surface area (Å²) in [5.41, 5.74) is 4.16. The molecule has 0 aliphatic rings. The fourth-order valence-corrected chi connectivity index (χ4v) is 3.27. The van der Waals surface area contributed by atoms with Crippen LogP contribution in [0.4, 0.5) is 5.69 Å². The van der Waals surface area contributed by atoms with E-state index in [9.17, 15) is 4.79 Å². The van der Waals surface area contributed by atoms with Crippen LogP contribution >= 0.6 is 24.0 Å². The first-order valence-electron chi connectivity index (χ1n) is 11.2. The number of benzene rings is 2. The van der Waals surface area contributed by atoms with Gasteiger partial charge in [0.05, 0.1) is 12.2 Å². The van der Waals surface area contributed by atoms with Crippen molar-refractivity contribution < 1.29 is 4.79 Å². The molecule has 3 aromatic rings. The molecular formula is C25H33IN6O. The Morgan fingerprint density at radius 1 is 1.03 bits per heavy atom. The molecule has 2 aromatic carbocycles. The van der Waals surface area contributed by atoms with E-state index in [1.54, 1.807) is 6.20 Å². The lowest BCUT2D eigenvalue weighted by molar-refractivity contribution is -0.116. The number of hydrogen-bond donors (Lipinski definition) is 3. The Kier molecular flexibility index (Phi) is 11.4. The van der Waals surface area contributed by atoms with Gasteiger partial charge in [-0.2, -0.15) is 5.10 Å². The van der Waals surface area contributed by atoms with E-state index in [0.29, 0.717) is 13.0 Å². The molecule has 0 unspecified atom stereocenters. The van der Waals surface area contributed by atoms with Gasteiger partial charge in [0.1, 0.15) is 0 Å². The van der Waals surface area contributed by atoms with Crippen molar-refractivity contribution in [3.8, 4) is 5.69 Å². The molecule has 3 N–H and O–H groups in total. The zero-order valence-electron chi connectivity index (χ0n) is 19.3. The molecule has 0 atom stereocenters. The number of anilines is 1. The first-order chi connectivity index (χ1) is 15.7. The standard InChI is InChI=1S/C25H32N6O.HI/c1-3-7-24(32)30-22-9-5-8-21(18-22)19-28-25(26-4-2)27-16-14-20-10-12-23(13-11-20)31-17-6-15-29-31;/h5-6,8-13,15,17-18H,3-4,7,14,16,19H2,1-2H3,(H,30,32)(H2,26,27,28);1H. The van der Waals surface area contributed by atoms with Crippen molar-refractivity contribution in [2.75, 3.05) is 18.4 Å². The molecule has 0 saturated carbocycles. The second-order valence-corrected chi connectivity index (χ2v) is 7.49. The highest BCUT2D eigenvalue weighted by atomic mass is 127. The SMILES string of the molecule is CCCC(=O)Nc1cccc(CN=C(NCC)NCCc2ccc(-n3cccn3)cc2)c1.I. The molecule has 0 fully saturated rings. The van der Waals surface area contributed by atoms with E-state index in [2.05, 4.69) is 57.2 Å². The summed E-state index contributed by atoms with van der Waals surface area (Å²) in [5, 5.41) is 13.9. The predicted molar refractivity (Wildman–Crippen MR) is 145 cm³/mol. The number of nitrogens with one attached hydrogen (secondary N) is 3. The number of nitrogens with zero attached hydrogens (tertiary/aromatic N) is 3. The Labute approximate surface area is 213 Å². The third kappa shape index (κ3) is 8.88. The maximum Gasteiger partial charge on any atom is 0.224 e. The van der Waals surface area contributed by atoms with Gasteiger partial charge in [0.2, 0.25) is 5.91 Å². The fourth-order valence-electron chi connectivity index (χ4n) is 3.27. The van der Waals surface area contributed by atoms with Crippen LogP contribution in [0.5, 0.6) is 0 Å². The summed E-state index contributed by atoms with van der Waals surface area (Å²) >= 11 is 0. The Hall–Kier alpha value is -2.88. The minimum absolute atomic E-state index is 0. The third-order valence-electron chi connectivity index (χ3n) is 4.86. The average molecular weight is 560 g/mol. The van der Waals surface area contributed by atoms with Crippen molar-refractivity contribution in [1.29, 1.82) is 0 Å². The van der Waals surface area contributed by atoms with E-state index in [1.807, 2.05) is 48.1 Å². The van der Waals surface area contributed by atoms with Crippen LogP contribution in [0, 0.1) is 0 Å². The summed E-state index contributed by atoms with van der Waals surface area (Å²) in [7, 11) is 0. The number of carbonyl (C=O) groups is 1. The van der Waals surface area contributed by atoms with Gasteiger partial charge in [-0.3, -0.25) is 4.79 Å². The van der Waals surface area contributed by atoms with Crippen molar-refractivity contribution in [2.24, 2.45) is 4.99 Å². The molecule has 1 aromatic heterocycles. The molecular weight excluding hydrogens is 527 g/mol. The molecule has 1 amide bonds. The maximum atomic E-state index is 11.8. The Bertz CT molecular complexity index is 1000. The van der Waals surface area contributed by atoms with Crippen molar-refractivity contribution in [3.05, 3.63) is 78.1 Å². The van der Waals surface area contributed by atoms with Gasteiger partial charge >= 0.3 is 0 Å². The molecule has 1 heterocycles. The number of aromatic nitrogens is 2. The smallest absolute Gasteiger partial charge is 0.224 e. The van der Waals surface area contributed by atoms with Crippen molar-refractivity contribution in [2.45, 2.75) is 39.7 Å². The van der Waals surface area contributed by atoms with Gasteiger partial charge in [-0.25, -0.2) is 9.67 Å². The zero-order valence-corrected chi connectivity index (χ0v) is 21.6. The van der Waals surface area contributed by atoms with E-state index in [1.165, 1.54) is 5.56 Å². The third-order valence-corrected chi connectivity index (χ3v) is 4.86.